The molecule has 0 aromatic heterocycles. The zero-order valence-corrected chi connectivity index (χ0v) is 20.3. The van der Waals surface area contributed by atoms with E-state index in [2.05, 4.69) is 29.6 Å². The number of amides is 2. The first-order chi connectivity index (χ1) is 16.8. The number of carboxylic acid groups (broad SMARTS) is 1. The van der Waals surface area contributed by atoms with Crippen molar-refractivity contribution >= 4 is 18.0 Å². The van der Waals surface area contributed by atoms with Crippen LogP contribution in [0.25, 0.3) is 11.1 Å². The van der Waals surface area contributed by atoms with Crippen molar-refractivity contribution in [2.24, 2.45) is 29.6 Å². The third kappa shape index (κ3) is 4.17. The Balaban J connectivity index is 1.20. The summed E-state index contributed by atoms with van der Waals surface area (Å²) in [4.78, 5) is 39.1. The van der Waals surface area contributed by atoms with Gasteiger partial charge in [0.2, 0.25) is 5.91 Å². The van der Waals surface area contributed by atoms with Crippen LogP contribution in [-0.4, -0.2) is 53.7 Å². The molecule has 2 fully saturated rings. The second kappa shape index (κ2) is 9.02. The topological polar surface area (TPSA) is 95.9 Å². The van der Waals surface area contributed by atoms with E-state index in [4.69, 9.17) is 4.74 Å². The summed E-state index contributed by atoms with van der Waals surface area (Å²) in [5, 5.41) is 12.1. The van der Waals surface area contributed by atoms with E-state index < -0.39 is 24.0 Å². The average molecular weight is 477 g/mol. The third-order valence-electron chi connectivity index (χ3n) is 8.02. The molecule has 0 radical (unpaired) electrons. The lowest BCUT2D eigenvalue weighted by molar-refractivity contribution is -0.142. The number of likely N-dealkylation sites (tertiary alicyclic amines) is 1. The molecule has 7 heteroatoms. The summed E-state index contributed by atoms with van der Waals surface area (Å²) < 4.78 is 5.67. The number of carbonyl (C=O) groups excluding carboxylic acids is 2. The summed E-state index contributed by atoms with van der Waals surface area (Å²) >= 11 is 0. The standard InChI is InChI=1S/C28H32N2O5/c1-15(2)24(26(31)30-12-21-22(13-30)25(21)27(32)33)16(3)29-28(34)35-14-23-19-10-6-4-8-17(19)18-9-5-7-11-20(18)23/h4-11,15-16,21-25H,12-14H2,1-3H3,(H,29,34)(H,32,33)/t16?,21-,22+,24?,25?. The fraction of sp³-hybridized carbons (Fsp3) is 0.464. The van der Waals surface area contributed by atoms with Crippen molar-refractivity contribution in [2.45, 2.75) is 32.7 Å². The van der Waals surface area contributed by atoms with Crippen molar-refractivity contribution < 1.29 is 24.2 Å². The molecular weight excluding hydrogens is 444 g/mol. The molecular formula is C28H32N2O5. The number of alkyl carbamates (subject to hydrolysis) is 1. The van der Waals surface area contributed by atoms with Gasteiger partial charge in [0.1, 0.15) is 6.61 Å². The van der Waals surface area contributed by atoms with Crippen molar-refractivity contribution in [3.8, 4) is 11.1 Å². The number of carbonyl (C=O) groups is 3. The van der Waals surface area contributed by atoms with Gasteiger partial charge in [0.25, 0.3) is 0 Å². The Morgan fingerprint density at radius 2 is 1.51 bits per heavy atom. The highest BCUT2D eigenvalue weighted by molar-refractivity contribution is 5.83. The number of nitrogens with zero attached hydrogens (tertiary/aromatic N) is 1. The van der Waals surface area contributed by atoms with Crippen LogP contribution in [0.15, 0.2) is 48.5 Å². The minimum absolute atomic E-state index is 0.0126. The number of nitrogens with one attached hydrogen (secondary N) is 1. The maximum atomic E-state index is 13.3. The van der Waals surface area contributed by atoms with Gasteiger partial charge in [0, 0.05) is 25.0 Å². The van der Waals surface area contributed by atoms with Gasteiger partial charge < -0.3 is 20.1 Å². The first kappa shape index (κ1) is 23.4. The van der Waals surface area contributed by atoms with Crippen LogP contribution < -0.4 is 5.32 Å². The van der Waals surface area contributed by atoms with Gasteiger partial charge in [-0.25, -0.2) is 4.79 Å². The smallest absolute Gasteiger partial charge is 0.407 e. The lowest BCUT2D eigenvalue weighted by atomic mass is 9.88. The quantitative estimate of drug-likeness (QED) is 0.630. The van der Waals surface area contributed by atoms with E-state index in [-0.39, 0.29) is 42.1 Å². The first-order valence-electron chi connectivity index (χ1n) is 12.4. The second-order valence-electron chi connectivity index (χ2n) is 10.5. The van der Waals surface area contributed by atoms with Gasteiger partial charge in [-0.1, -0.05) is 62.4 Å². The van der Waals surface area contributed by atoms with E-state index in [0.29, 0.717) is 13.1 Å². The van der Waals surface area contributed by atoms with Crippen LogP contribution in [-0.2, 0) is 14.3 Å². The highest BCUT2D eigenvalue weighted by Gasteiger charge is 2.61. The molecule has 1 aliphatic heterocycles. The molecule has 1 saturated carbocycles. The maximum Gasteiger partial charge on any atom is 0.407 e. The van der Waals surface area contributed by atoms with Crippen LogP contribution in [0.4, 0.5) is 4.79 Å². The number of aliphatic carboxylic acids is 1. The molecule has 5 atom stereocenters. The van der Waals surface area contributed by atoms with Gasteiger partial charge in [0.15, 0.2) is 0 Å². The van der Waals surface area contributed by atoms with Crippen LogP contribution in [0.3, 0.4) is 0 Å². The SMILES string of the molecule is CC(C)C(C(=O)N1C[C@@H]2C(C(=O)O)[C@@H]2C1)C(C)NC(=O)OCC1c2ccccc2-c2ccccc21. The molecule has 1 heterocycles. The number of benzene rings is 2. The second-order valence-corrected chi connectivity index (χ2v) is 10.5. The molecule has 35 heavy (non-hydrogen) atoms. The zero-order valence-electron chi connectivity index (χ0n) is 20.3. The highest BCUT2D eigenvalue weighted by atomic mass is 16.5. The third-order valence-corrected chi connectivity index (χ3v) is 8.02. The Bertz CT molecular complexity index is 1100. The van der Waals surface area contributed by atoms with E-state index >= 15 is 0 Å². The molecule has 2 aliphatic carbocycles. The van der Waals surface area contributed by atoms with E-state index in [0.717, 1.165) is 11.1 Å². The number of fused-ring (bicyclic) bond motifs is 4. The summed E-state index contributed by atoms with van der Waals surface area (Å²) in [5.41, 5.74) is 4.64. The normalized spacial score (nSPS) is 23.8. The van der Waals surface area contributed by atoms with E-state index in [1.165, 1.54) is 11.1 Å². The van der Waals surface area contributed by atoms with Crippen LogP contribution in [0.1, 0.15) is 37.8 Å². The predicted octanol–water partition coefficient (Wildman–Crippen LogP) is 3.97. The minimum Gasteiger partial charge on any atom is -0.481 e. The molecule has 3 aliphatic rings. The Morgan fingerprint density at radius 1 is 0.971 bits per heavy atom. The van der Waals surface area contributed by atoms with E-state index in [1.54, 1.807) is 4.90 Å². The summed E-state index contributed by atoms with van der Waals surface area (Å²) in [6.07, 6.45) is -0.534. The average Bonchev–Trinajstić information content (AvgIpc) is 3.18. The molecule has 0 bridgehead atoms. The molecule has 2 aromatic rings. The number of hydrogen-bond acceptors (Lipinski definition) is 4. The lowest BCUT2D eigenvalue weighted by Gasteiger charge is -2.31. The molecule has 5 rings (SSSR count). The monoisotopic (exact) mass is 476 g/mol. The molecule has 184 valence electrons. The Kier molecular flexibility index (Phi) is 6.03. The fourth-order valence-corrected chi connectivity index (χ4v) is 6.28. The van der Waals surface area contributed by atoms with Crippen molar-refractivity contribution in [1.29, 1.82) is 0 Å². The Labute approximate surface area is 205 Å². The largest absolute Gasteiger partial charge is 0.481 e. The maximum absolute atomic E-state index is 13.3. The van der Waals surface area contributed by atoms with Crippen LogP contribution in [0.2, 0.25) is 0 Å². The number of ether oxygens (including phenoxy) is 1. The Hall–Kier alpha value is -3.35. The molecule has 3 unspecified atom stereocenters. The lowest BCUT2D eigenvalue weighted by Crippen LogP contribution is -2.49. The fourth-order valence-electron chi connectivity index (χ4n) is 6.28. The van der Waals surface area contributed by atoms with E-state index in [9.17, 15) is 19.5 Å². The summed E-state index contributed by atoms with van der Waals surface area (Å²) in [7, 11) is 0. The molecule has 1 saturated heterocycles. The van der Waals surface area contributed by atoms with Gasteiger partial charge in [-0.2, -0.15) is 0 Å². The highest BCUT2D eigenvalue weighted by Crippen LogP contribution is 2.52. The summed E-state index contributed by atoms with van der Waals surface area (Å²) in [6, 6.07) is 16.0. The summed E-state index contributed by atoms with van der Waals surface area (Å²) in [6.45, 7) is 6.97. The Morgan fingerprint density at radius 3 is 2.03 bits per heavy atom. The van der Waals surface area contributed by atoms with Gasteiger partial charge in [-0.05, 0) is 46.9 Å². The number of piperidine rings is 1. The molecule has 0 spiro atoms. The predicted molar refractivity (Wildman–Crippen MR) is 131 cm³/mol. The first-order valence-corrected chi connectivity index (χ1v) is 12.4. The van der Waals surface area contributed by atoms with Crippen LogP contribution in [0.5, 0.6) is 0 Å². The van der Waals surface area contributed by atoms with Gasteiger partial charge in [0.05, 0.1) is 11.8 Å². The number of rotatable bonds is 7. The van der Waals surface area contributed by atoms with Gasteiger partial charge >= 0.3 is 12.1 Å². The van der Waals surface area contributed by atoms with Crippen molar-refractivity contribution in [3.05, 3.63) is 59.7 Å². The van der Waals surface area contributed by atoms with E-state index in [1.807, 2.05) is 45.0 Å². The van der Waals surface area contributed by atoms with Gasteiger partial charge in [-0.3, -0.25) is 9.59 Å². The molecule has 2 N–H and O–H groups in total. The molecule has 2 aromatic carbocycles. The molecule has 7 nitrogen and oxygen atoms in total. The summed E-state index contributed by atoms with van der Waals surface area (Å²) in [5.74, 6) is -1.39. The van der Waals surface area contributed by atoms with Crippen molar-refractivity contribution in [3.63, 3.8) is 0 Å². The number of carboxylic acids is 1. The zero-order chi connectivity index (χ0) is 24.9. The van der Waals surface area contributed by atoms with Crippen LogP contribution in [0, 0.1) is 29.6 Å². The van der Waals surface area contributed by atoms with Crippen molar-refractivity contribution in [1.82, 2.24) is 10.2 Å². The minimum atomic E-state index is -0.766. The molecule has 2 amide bonds. The van der Waals surface area contributed by atoms with Crippen LogP contribution >= 0.6 is 0 Å². The number of hydrogen-bond donors (Lipinski definition) is 2. The van der Waals surface area contributed by atoms with Gasteiger partial charge in [-0.15, -0.1) is 0 Å². The van der Waals surface area contributed by atoms with Crippen molar-refractivity contribution in [2.75, 3.05) is 19.7 Å².